The Morgan fingerprint density at radius 2 is 1.68 bits per heavy atom. The number of rotatable bonds is 4. The van der Waals surface area contributed by atoms with Gasteiger partial charge in [-0.3, -0.25) is 4.90 Å². The van der Waals surface area contributed by atoms with Gasteiger partial charge in [0.05, 0.1) is 18.1 Å². The third-order valence-electron chi connectivity index (χ3n) is 5.78. The topological polar surface area (TPSA) is 38.3 Å². The van der Waals surface area contributed by atoms with Crippen LogP contribution in [0.15, 0.2) is 36.7 Å². The molecule has 0 radical (unpaired) electrons. The first-order valence-corrected chi connectivity index (χ1v) is 8.95. The molecule has 2 aromatic rings. The number of nitrogens with zero attached hydrogens (tertiary/aromatic N) is 5. The van der Waals surface area contributed by atoms with Crippen LogP contribution in [0.25, 0.3) is 10.5 Å². The quantitative estimate of drug-likeness (QED) is 0.796. The van der Waals surface area contributed by atoms with Crippen LogP contribution >= 0.6 is 0 Å². The van der Waals surface area contributed by atoms with Crippen LogP contribution in [-0.4, -0.2) is 39.5 Å². The fourth-order valence-electron chi connectivity index (χ4n) is 3.78. The van der Waals surface area contributed by atoms with Crippen molar-refractivity contribution in [2.45, 2.75) is 40.2 Å². The van der Waals surface area contributed by atoms with Crippen molar-refractivity contribution in [2.75, 3.05) is 19.6 Å². The van der Waals surface area contributed by atoms with E-state index in [1.165, 1.54) is 5.56 Å². The number of likely N-dealkylation sites (tertiary alicyclic amines) is 1. The van der Waals surface area contributed by atoms with Crippen LogP contribution in [0.4, 0.5) is 0 Å². The minimum atomic E-state index is 0.154. The van der Waals surface area contributed by atoms with Crippen LogP contribution in [0.2, 0.25) is 0 Å². The molecule has 0 aliphatic carbocycles. The summed E-state index contributed by atoms with van der Waals surface area (Å²) in [4.78, 5) is 7.90. The molecule has 1 saturated heterocycles. The Labute approximate surface area is 150 Å². The van der Waals surface area contributed by atoms with Gasteiger partial charge in [-0.05, 0) is 49.0 Å². The largest absolute Gasteiger partial charge is 0.316 e. The van der Waals surface area contributed by atoms with E-state index in [0.717, 1.165) is 38.2 Å². The molecule has 0 unspecified atom stereocenters. The molecule has 2 heterocycles. The number of benzene rings is 1. The summed E-state index contributed by atoms with van der Waals surface area (Å²) < 4.78 is 0. The Morgan fingerprint density at radius 3 is 2.20 bits per heavy atom. The van der Waals surface area contributed by atoms with E-state index in [0.29, 0.717) is 6.54 Å². The minimum absolute atomic E-state index is 0.154. The lowest BCUT2D eigenvalue weighted by Gasteiger charge is -2.46. The molecule has 1 aromatic heterocycles. The Bertz CT molecular complexity index is 711. The molecule has 25 heavy (non-hydrogen) atoms. The molecule has 0 N–H and O–H groups in total. The highest BCUT2D eigenvalue weighted by atomic mass is 15.5. The number of hydrogen-bond donors (Lipinski definition) is 0. The maximum atomic E-state index is 7.35. The molecule has 1 aromatic carbocycles. The summed E-state index contributed by atoms with van der Waals surface area (Å²) in [5, 5.41) is 8.32. The Kier molecular flexibility index (Phi) is 4.91. The lowest BCUT2D eigenvalue weighted by molar-refractivity contribution is 0.0173. The van der Waals surface area contributed by atoms with E-state index in [9.17, 15) is 0 Å². The van der Waals surface area contributed by atoms with Gasteiger partial charge in [0.1, 0.15) is 0 Å². The van der Waals surface area contributed by atoms with Gasteiger partial charge in [0.25, 0.3) is 0 Å². The van der Waals surface area contributed by atoms with Gasteiger partial charge in [-0.1, -0.05) is 32.9 Å². The van der Waals surface area contributed by atoms with E-state index in [1.807, 2.05) is 0 Å². The smallest absolute Gasteiger partial charge is 0.220 e. The van der Waals surface area contributed by atoms with Crippen molar-refractivity contribution < 1.29 is 0 Å². The molecule has 5 nitrogen and oxygen atoms in total. The Morgan fingerprint density at radius 1 is 1.08 bits per heavy atom. The molecule has 132 valence electrons. The third-order valence-corrected chi connectivity index (χ3v) is 5.78. The first kappa shape index (κ1) is 17.6. The highest BCUT2D eigenvalue weighted by Gasteiger charge is 2.46. The Balaban J connectivity index is 1.61. The molecule has 0 spiro atoms. The van der Waals surface area contributed by atoms with E-state index in [1.54, 1.807) is 17.2 Å². The van der Waals surface area contributed by atoms with Gasteiger partial charge in [0.2, 0.25) is 6.54 Å². The summed E-state index contributed by atoms with van der Waals surface area (Å²) in [5.41, 5.74) is 2.63. The zero-order valence-corrected chi connectivity index (χ0v) is 15.4. The molecule has 0 bridgehead atoms. The Hall–Kier alpha value is -2.19. The molecular formula is C20H27N5. The summed E-state index contributed by atoms with van der Waals surface area (Å²) in [6.07, 6.45) is 5.58. The van der Waals surface area contributed by atoms with Crippen molar-refractivity contribution >= 4 is 0 Å². The van der Waals surface area contributed by atoms with Crippen LogP contribution < -0.4 is 0 Å². The predicted molar refractivity (Wildman–Crippen MR) is 99.2 cm³/mol. The zero-order chi connectivity index (χ0) is 17.9. The fourth-order valence-corrected chi connectivity index (χ4v) is 3.78. The van der Waals surface area contributed by atoms with Crippen molar-refractivity contribution in [1.29, 1.82) is 0 Å². The molecule has 1 aliphatic heterocycles. The molecule has 0 amide bonds. The van der Waals surface area contributed by atoms with Crippen LogP contribution in [0.3, 0.4) is 0 Å². The standard InChI is InChI=1S/C20H27N5/c1-19(2,3)20(16-21-4)9-13-24(14-10-20)15-17-5-7-18(8-6-17)25-22-11-12-23-25/h5-8,11-12H,9-10,13-16H2,1-3H3. The summed E-state index contributed by atoms with van der Waals surface area (Å²) in [7, 11) is 0. The van der Waals surface area contributed by atoms with E-state index in [4.69, 9.17) is 6.57 Å². The SMILES string of the molecule is [C-]#[N+]CC1(C(C)(C)C)CCN(Cc2ccc(-n3nccn3)cc2)CC1. The minimum Gasteiger partial charge on any atom is -0.316 e. The van der Waals surface area contributed by atoms with Gasteiger partial charge in [-0.2, -0.15) is 15.0 Å². The van der Waals surface area contributed by atoms with Crippen molar-refractivity contribution in [3.8, 4) is 5.69 Å². The second-order valence-electron chi connectivity index (χ2n) is 8.11. The summed E-state index contributed by atoms with van der Waals surface area (Å²) in [6, 6.07) is 8.45. The van der Waals surface area contributed by atoms with Crippen LogP contribution in [0.1, 0.15) is 39.2 Å². The maximum absolute atomic E-state index is 7.35. The number of piperidine rings is 1. The monoisotopic (exact) mass is 337 g/mol. The average Bonchev–Trinajstić information content (AvgIpc) is 3.11. The second-order valence-corrected chi connectivity index (χ2v) is 8.11. The normalized spacial score (nSPS) is 18.0. The second kappa shape index (κ2) is 6.97. The summed E-state index contributed by atoms with van der Waals surface area (Å²) >= 11 is 0. The zero-order valence-electron chi connectivity index (χ0n) is 15.4. The van der Waals surface area contributed by atoms with Crippen LogP contribution in [0.5, 0.6) is 0 Å². The first-order chi connectivity index (χ1) is 11.9. The molecule has 5 heteroatoms. The maximum Gasteiger partial charge on any atom is 0.220 e. The highest BCUT2D eigenvalue weighted by Crippen LogP contribution is 2.47. The molecule has 0 atom stereocenters. The van der Waals surface area contributed by atoms with Gasteiger partial charge < -0.3 is 4.85 Å². The van der Waals surface area contributed by atoms with Gasteiger partial charge in [-0.15, -0.1) is 0 Å². The van der Waals surface area contributed by atoms with Crippen LogP contribution in [-0.2, 0) is 6.54 Å². The van der Waals surface area contributed by atoms with Crippen molar-refractivity contribution in [3.05, 3.63) is 53.6 Å². The van der Waals surface area contributed by atoms with Crippen molar-refractivity contribution in [2.24, 2.45) is 10.8 Å². The van der Waals surface area contributed by atoms with Gasteiger partial charge in [0.15, 0.2) is 0 Å². The molecule has 1 aliphatic rings. The molecular weight excluding hydrogens is 310 g/mol. The van der Waals surface area contributed by atoms with Crippen molar-refractivity contribution in [1.82, 2.24) is 19.9 Å². The summed E-state index contributed by atoms with van der Waals surface area (Å²) in [5.74, 6) is 0. The fraction of sp³-hybridized carbons (Fsp3) is 0.550. The molecule has 3 rings (SSSR count). The summed E-state index contributed by atoms with van der Waals surface area (Å²) in [6.45, 7) is 18.0. The predicted octanol–water partition coefficient (Wildman–Crippen LogP) is 3.81. The highest BCUT2D eigenvalue weighted by molar-refractivity contribution is 5.32. The van der Waals surface area contributed by atoms with Gasteiger partial charge in [-0.25, -0.2) is 6.57 Å². The van der Waals surface area contributed by atoms with E-state index in [-0.39, 0.29) is 10.8 Å². The first-order valence-electron chi connectivity index (χ1n) is 8.95. The number of aromatic nitrogens is 3. The van der Waals surface area contributed by atoms with E-state index in [2.05, 4.69) is 65.0 Å². The molecule has 0 saturated carbocycles. The number of hydrogen-bond acceptors (Lipinski definition) is 3. The lowest BCUT2D eigenvalue weighted by Crippen LogP contribution is -2.47. The van der Waals surface area contributed by atoms with Crippen LogP contribution in [0, 0.1) is 17.4 Å². The average molecular weight is 337 g/mol. The third kappa shape index (κ3) is 3.74. The lowest BCUT2D eigenvalue weighted by atomic mass is 9.61. The van der Waals surface area contributed by atoms with E-state index >= 15 is 0 Å². The van der Waals surface area contributed by atoms with E-state index < -0.39 is 0 Å². The molecule has 1 fully saturated rings. The van der Waals surface area contributed by atoms with Gasteiger partial charge in [0, 0.05) is 12.0 Å². The van der Waals surface area contributed by atoms with Gasteiger partial charge >= 0.3 is 0 Å². The van der Waals surface area contributed by atoms with Crippen molar-refractivity contribution in [3.63, 3.8) is 0 Å².